The molecule has 1 aromatic heterocycles. The largest absolute Gasteiger partial charge is 0.495 e. The van der Waals surface area contributed by atoms with Gasteiger partial charge in [0.1, 0.15) is 12.3 Å². The first-order chi connectivity index (χ1) is 8.70. The minimum Gasteiger partial charge on any atom is -0.495 e. The summed E-state index contributed by atoms with van der Waals surface area (Å²) in [5.41, 5.74) is 0.591. The maximum atomic E-state index is 11.8. The molecule has 94 valence electrons. The summed E-state index contributed by atoms with van der Waals surface area (Å²) < 4.78 is 6.48. The molecule has 1 amide bonds. The third kappa shape index (κ3) is 2.78. The monoisotopic (exact) mass is 264 g/mol. The van der Waals surface area contributed by atoms with Gasteiger partial charge in [-0.05, 0) is 12.1 Å². The highest BCUT2D eigenvalue weighted by atomic mass is 32.1. The van der Waals surface area contributed by atoms with E-state index in [1.165, 1.54) is 11.7 Å². The van der Waals surface area contributed by atoms with Crippen molar-refractivity contribution < 1.29 is 9.53 Å². The predicted octanol–water partition coefficient (Wildman–Crippen LogP) is 1.56. The van der Waals surface area contributed by atoms with Gasteiger partial charge in [-0.3, -0.25) is 14.2 Å². The van der Waals surface area contributed by atoms with Gasteiger partial charge in [0.2, 0.25) is 5.91 Å². The molecule has 0 radical (unpaired) electrons. The molecule has 1 aromatic carbocycles. The number of nitrogens with one attached hydrogen (secondary N) is 1. The Labute approximate surface area is 108 Å². The Morgan fingerprint density at radius 3 is 2.89 bits per heavy atom. The van der Waals surface area contributed by atoms with Crippen molar-refractivity contribution in [3.8, 4) is 5.75 Å². The first-order valence-electron chi connectivity index (χ1n) is 5.27. The number of hydrogen-bond acceptors (Lipinski definition) is 4. The Hall–Kier alpha value is -2.08. The van der Waals surface area contributed by atoms with Crippen molar-refractivity contribution in [1.82, 2.24) is 4.57 Å². The Morgan fingerprint density at radius 2 is 2.22 bits per heavy atom. The maximum absolute atomic E-state index is 11.8. The zero-order valence-corrected chi connectivity index (χ0v) is 10.6. The molecule has 0 aliphatic heterocycles. The highest BCUT2D eigenvalue weighted by Gasteiger charge is 2.08. The number of carbonyl (C=O) groups excluding carboxylic acids is 1. The smallest absolute Gasteiger partial charge is 0.307 e. The molecular formula is C12H12N2O3S. The number of methoxy groups -OCH3 is 1. The third-order valence-corrected chi connectivity index (χ3v) is 3.03. The molecule has 0 aliphatic rings. The lowest BCUT2D eigenvalue weighted by molar-refractivity contribution is -0.116. The number of thiazole rings is 1. The van der Waals surface area contributed by atoms with E-state index in [2.05, 4.69) is 5.32 Å². The van der Waals surface area contributed by atoms with Crippen molar-refractivity contribution in [2.45, 2.75) is 6.54 Å². The average Bonchev–Trinajstić information content (AvgIpc) is 2.75. The van der Waals surface area contributed by atoms with Gasteiger partial charge in [0.05, 0.1) is 12.8 Å². The van der Waals surface area contributed by atoms with Crippen LogP contribution in [0, 0.1) is 0 Å². The summed E-state index contributed by atoms with van der Waals surface area (Å²) in [6.45, 7) is 0.000379. The van der Waals surface area contributed by atoms with Crippen LogP contribution in [0.15, 0.2) is 40.6 Å². The van der Waals surface area contributed by atoms with Crippen molar-refractivity contribution in [3.05, 3.63) is 45.5 Å². The molecule has 0 aliphatic carbocycles. The number of rotatable bonds is 4. The van der Waals surface area contributed by atoms with Gasteiger partial charge in [0.25, 0.3) is 0 Å². The second-order valence-electron chi connectivity index (χ2n) is 3.55. The number of aromatic nitrogens is 1. The quantitative estimate of drug-likeness (QED) is 0.911. The fourth-order valence-corrected chi connectivity index (χ4v) is 2.09. The summed E-state index contributed by atoms with van der Waals surface area (Å²) in [5, 5.41) is 4.36. The van der Waals surface area contributed by atoms with Gasteiger partial charge in [0.15, 0.2) is 0 Å². The van der Waals surface area contributed by atoms with Crippen LogP contribution in [0.3, 0.4) is 0 Å². The van der Waals surface area contributed by atoms with E-state index < -0.39 is 0 Å². The molecule has 0 fully saturated rings. The lowest BCUT2D eigenvalue weighted by atomic mass is 10.3. The second-order valence-corrected chi connectivity index (χ2v) is 4.40. The Morgan fingerprint density at radius 1 is 1.44 bits per heavy atom. The van der Waals surface area contributed by atoms with Gasteiger partial charge < -0.3 is 10.1 Å². The van der Waals surface area contributed by atoms with Gasteiger partial charge >= 0.3 is 4.87 Å². The lowest BCUT2D eigenvalue weighted by Gasteiger charge is -2.09. The Kier molecular flexibility index (Phi) is 3.78. The molecule has 6 heteroatoms. The predicted molar refractivity (Wildman–Crippen MR) is 70.2 cm³/mol. The standard InChI is InChI=1S/C12H12N2O3S/c1-17-10-5-3-2-4-9(10)13-11(15)8-14-6-7-18-12(14)16/h2-7H,8H2,1H3,(H,13,15). The number of hydrogen-bond donors (Lipinski definition) is 1. The van der Waals surface area contributed by atoms with Gasteiger partial charge in [-0.15, -0.1) is 0 Å². The van der Waals surface area contributed by atoms with E-state index in [4.69, 9.17) is 4.74 Å². The number of para-hydroxylation sites is 2. The topological polar surface area (TPSA) is 60.3 Å². The van der Waals surface area contributed by atoms with E-state index >= 15 is 0 Å². The van der Waals surface area contributed by atoms with E-state index in [9.17, 15) is 9.59 Å². The zero-order valence-electron chi connectivity index (χ0n) is 9.75. The third-order valence-electron chi connectivity index (χ3n) is 2.34. The van der Waals surface area contributed by atoms with Crippen LogP contribution >= 0.6 is 11.3 Å². The minimum absolute atomic E-state index is 0.000379. The van der Waals surface area contributed by atoms with Crippen LogP contribution in [-0.2, 0) is 11.3 Å². The summed E-state index contributed by atoms with van der Waals surface area (Å²) >= 11 is 1.06. The van der Waals surface area contributed by atoms with Crippen LogP contribution in [0.2, 0.25) is 0 Å². The molecular weight excluding hydrogens is 252 g/mol. The molecule has 0 spiro atoms. The SMILES string of the molecule is COc1ccccc1NC(=O)Cn1ccsc1=O. The van der Waals surface area contributed by atoms with Crippen LogP contribution in [0.25, 0.3) is 0 Å². The highest BCUT2D eigenvalue weighted by molar-refractivity contribution is 7.07. The van der Waals surface area contributed by atoms with Gasteiger partial charge in [-0.25, -0.2) is 0 Å². The highest BCUT2D eigenvalue weighted by Crippen LogP contribution is 2.22. The van der Waals surface area contributed by atoms with Gasteiger partial charge in [-0.2, -0.15) is 0 Å². The summed E-state index contributed by atoms with van der Waals surface area (Å²) in [4.78, 5) is 22.9. The van der Waals surface area contributed by atoms with E-state index in [-0.39, 0.29) is 17.3 Å². The number of benzene rings is 1. The first kappa shape index (κ1) is 12.4. The number of ether oxygens (including phenoxy) is 1. The zero-order chi connectivity index (χ0) is 13.0. The summed E-state index contributed by atoms with van der Waals surface area (Å²) in [7, 11) is 1.54. The molecule has 0 unspecified atom stereocenters. The molecule has 0 bridgehead atoms. The molecule has 0 atom stereocenters. The van der Waals surface area contributed by atoms with E-state index in [1.54, 1.807) is 29.8 Å². The van der Waals surface area contributed by atoms with E-state index in [0.717, 1.165) is 11.3 Å². The van der Waals surface area contributed by atoms with Crippen LogP contribution in [0.1, 0.15) is 0 Å². The molecule has 18 heavy (non-hydrogen) atoms. The minimum atomic E-state index is -0.264. The fourth-order valence-electron chi connectivity index (χ4n) is 1.50. The van der Waals surface area contributed by atoms with Crippen LogP contribution < -0.4 is 14.9 Å². The van der Waals surface area contributed by atoms with E-state index in [1.807, 2.05) is 6.07 Å². The number of nitrogens with zero attached hydrogens (tertiary/aromatic N) is 1. The normalized spacial score (nSPS) is 10.1. The Bertz CT molecular complexity index is 603. The van der Waals surface area contributed by atoms with E-state index in [0.29, 0.717) is 11.4 Å². The summed E-state index contributed by atoms with van der Waals surface area (Å²) in [6.07, 6.45) is 1.59. The average molecular weight is 264 g/mol. The van der Waals surface area contributed by atoms with Crippen molar-refractivity contribution in [1.29, 1.82) is 0 Å². The molecule has 5 nitrogen and oxygen atoms in total. The van der Waals surface area contributed by atoms with Crippen LogP contribution in [0.5, 0.6) is 5.75 Å². The van der Waals surface area contributed by atoms with Gasteiger partial charge in [-0.1, -0.05) is 23.5 Å². The fraction of sp³-hybridized carbons (Fsp3) is 0.167. The molecule has 2 rings (SSSR count). The van der Waals surface area contributed by atoms with Gasteiger partial charge in [0, 0.05) is 11.6 Å². The first-order valence-corrected chi connectivity index (χ1v) is 6.15. The number of anilines is 1. The number of amides is 1. The molecule has 0 saturated heterocycles. The summed E-state index contributed by atoms with van der Waals surface area (Å²) in [5.74, 6) is 0.323. The van der Waals surface area contributed by atoms with Crippen LogP contribution in [0.4, 0.5) is 5.69 Å². The van der Waals surface area contributed by atoms with Crippen molar-refractivity contribution in [3.63, 3.8) is 0 Å². The molecule has 0 saturated carbocycles. The molecule has 2 aromatic rings. The molecule has 1 N–H and O–H groups in total. The summed E-state index contributed by atoms with van der Waals surface area (Å²) in [6, 6.07) is 7.12. The van der Waals surface area contributed by atoms with Crippen molar-refractivity contribution in [2.75, 3.05) is 12.4 Å². The number of carbonyl (C=O) groups is 1. The van der Waals surface area contributed by atoms with Crippen molar-refractivity contribution >= 4 is 22.9 Å². The lowest BCUT2D eigenvalue weighted by Crippen LogP contribution is -2.23. The molecule has 1 heterocycles. The second kappa shape index (κ2) is 5.50. The van der Waals surface area contributed by atoms with Crippen LogP contribution in [-0.4, -0.2) is 17.6 Å². The van der Waals surface area contributed by atoms with Crippen molar-refractivity contribution in [2.24, 2.45) is 0 Å². The maximum Gasteiger partial charge on any atom is 0.307 e. The Balaban J connectivity index is 2.08.